The molecule has 1 aliphatic rings. The number of hydrogen-bond acceptors (Lipinski definition) is 7. The molecule has 14 heteroatoms. The monoisotopic (exact) mass is 594 g/mol. The van der Waals surface area contributed by atoms with Gasteiger partial charge in [-0.15, -0.1) is 5.10 Å². The van der Waals surface area contributed by atoms with Crippen LogP contribution in [0.25, 0.3) is 16.9 Å². The lowest BCUT2D eigenvalue weighted by atomic mass is 9.95. The maximum atomic E-state index is 14.5. The first-order valence-electron chi connectivity index (χ1n) is 13.3. The van der Waals surface area contributed by atoms with E-state index in [1.54, 1.807) is 30.5 Å². The molecule has 2 bridgehead atoms. The second-order valence-electron chi connectivity index (χ2n) is 9.73. The first-order chi connectivity index (χ1) is 20.3. The number of fused-ring (bicyclic) bond motifs is 4. The van der Waals surface area contributed by atoms with Crippen LogP contribution in [0.2, 0.25) is 5.02 Å². The van der Waals surface area contributed by atoms with Crippen molar-refractivity contribution in [1.82, 2.24) is 30.3 Å². The number of anilines is 2. The van der Waals surface area contributed by atoms with Crippen LogP contribution in [-0.4, -0.2) is 50.0 Å². The molecule has 42 heavy (non-hydrogen) atoms. The highest BCUT2D eigenvalue weighted by molar-refractivity contribution is 6.30. The quantitative estimate of drug-likeness (QED) is 0.246. The number of ether oxygens (including phenoxy) is 1. The maximum absolute atomic E-state index is 14.5. The fourth-order valence-electron chi connectivity index (χ4n) is 4.77. The summed E-state index contributed by atoms with van der Waals surface area (Å²) in [5, 5.41) is 16.3. The van der Waals surface area contributed by atoms with E-state index in [-0.39, 0.29) is 28.2 Å². The largest absolute Gasteiger partial charge is 0.453 e. The minimum absolute atomic E-state index is 0.0194. The van der Waals surface area contributed by atoms with Gasteiger partial charge < -0.3 is 20.4 Å². The number of amides is 3. The lowest BCUT2D eigenvalue weighted by Gasteiger charge is -2.21. The standard InChI is InChI=1S/C28H28ClFN8O4/c1-3-15-6-4-8-19(34-27(40)22-14-38(37-36-22)23-9-5-7-18(29)24(23)30)25-31-13-21(33-25)17-11-10-16(32-28(41)42-2)12-20(17)35-26(15)39/h5,7,9-15,19H,3-4,6,8H2,1-2H3,(H,31,33)(H,32,41)(H,34,40)(H,35,39)/t15-,19+/m1/s1. The van der Waals surface area contributed by atoms with Crippen molar-refractivity contribution in [1.29, 1.82) is 0 Å². The predicted molar refractivity (Wildman–Crippen MR) is 153 cm³/mol. The van der Waals surface area contributed by atoms with E-state index in [9.17, 15) is 18.8 Å². The molecule has 0 aliphatic carbocycles. The molecule has 0 unspecified atom stereocenters. The highest BCUT2D eigenvalue weighted by Gasteiger charge is 2.25. The first-order valence-corrected chi connectivity index (χ1v) is 13.7. The van der Waals surface area contributed by atoms with Gasteiger partial charge >= 0.3 is 6.09 Å². The number of imidazole rings is 1. The molecule has 5 rings (SSSR count). The van der Waals surface area contributed by atoms with E-state index in [1.165, 1.54) is 25.4 Å². The number of rotatable bonds is 5. The summed E-state index contributed by atoms with van der Waals surface area (Å²) in [6.45, 7) is 1.94. The third-order valence-corrected chi connectivity index (χ3v) is 7.34. The molecule has 3 heterocycles. The summed E-state index contributed by atoms with van der Waals surface area (Å²) in [5.41, 5.74) is 2.20. The van der Waals surface area contributed by atoms with Crippen LogP contribution in [-0.2, 0) is 9.53 Å². The number of aromatic amines is 1. The molecule has 218 valence electrons. The summed E-state index contributed by atoms with van der Waals surface area (Å²) in [6.07, 6.45) is 4.59. The van der Waals surface area contributed by atoms with Crippen LogP contribution in [0.5, 0.6) is 0 Å². The van der Waals surface area contributed by atoms with Gasteiger partial charge in [0.1, 0.15) is 11.5 Å². The maximum Gasteiger partial charge on any atom is 0.411 e. The van der Waals surface area contributed by atoms with E-state index in [1.807, 2.05) is 6.92 Å². The van der Waals surface area contributed by atoms with E-state index in [4.69, 9.17) is 11.6 Å². The van der Waals surface area contributed by atoms with Gasteiger partial charge in [0.25, 0.3) is 5.91 Å². The topological polar surface area (TPSA) is 156 Å². The fraction of sp³-hybridized carbons (Fsp3) is 0.286. The van der Waals surface area contributed by atoms with Gasteiger partial charge in [-0.25, -0.2) is 18.9 Å². The molecule has 1 aliphatic heterocycles. The van der Waals surface area contributed by atoms with Gasteiger partial charge in [-0.2, -0.15) is 0 Å². The van der Waals surface area contributed by atoms with Crippen molar-refractivity contribution in [2.75, 3.05) is 17.7 Å². The number of benzene rings is 2. The molecule has 2 atom stereocenters. The van der Waals surface area contributed by atoms with Gasteiger partial charge in [-0.05, 0) is 49.6 Å². The lowest BCUT2D eigenvalue weighted by molar-refractivity contribution is -0.120. The van der Waals surface area contributed by atoms with E-state index in [2.05, 4.69) is 41.0 Å². The smallest absolute Gasteiger partial charge is 0.411 e. The number of halogens is 2. The third-order valence-electron chi connectivity index (χ3n) is 7.04. The third kappa shape index (κ3) is 6.10. The van der Waals surface area contributed by atoms with E-state index in [0.717, 1.165) is 4.68 Å². The lowest BCUT2D eigenvalue weighted by Crippen LogP contribution is -2.30. The number of carbonyl (C=O) groups is 3. The van der Waals surface area contributed by atoms with Crippen LogP contribution in [0.3, 0.4) is 0 Å². The molecule has 12 nitrogen and oxygen atoms in total. The summed E-state index contributed by atoms with van der Waals surface area (Å²) in [5.74, 6) is -1.13. The molecule has 0 saturated heterocycles. The van der Waals surface area contributed by atoms with Crippen LogP contribution < -0.4 is 16.0 Å². The number of H-pyrrole nitrogens is 1. The fourth-order valence-corrected chi connectivity index (χ4v) is 4.94. The molecule has 0 radical (unpaired) electrons. The normalized spacial score (nSPS) is 16.8. The number of aromatic nitrogens is 5. The SMILES string of the molecule is CC[C@@H]1CCC[C@H](NC(=O)c2cn(-c3cccc(Cl)c3F)nn2)c2ncc([nH]2)-c2ccc(NC(=O)OC)cc2NC1=O. The van der Waals surface area contributed by atoms with Crippen LogP contribution in [0, 0.1) is 11.7 Å². The second-order valence-corrected chi connectivity index (χ2v) is 10.1. The number of nitrogens with zero attached hydrogens (tertiary/aromatic N) is 4. The molecule has 0 spiro atoms. The van der Waals surface area contributed by atoms with Crippen molar-refractivity contribution >= 4 is 40.9 Å². The van der Waals surface area contributed by atoms with Gasteiger partial charge in [0, 0.05) is 17.2 Å². The van der Waals surface area contributed by atoms with Crippen molar-refractivity contribution in [3.63, 3.8) is 0 Å². The first kappa shape index (κ1) is 28.7. The Morgan fingerprint density at radius 3 is 2.86 bits per heavy atom. The molecular weight excluding hydrogens is 567 g/mol. The summed E-state index contributed by atoms with van der Waals surface area (Å²) in [6, 6.07) is 8.98. The van der Waals surface area contributed by atoms with Gasteiger partial charge in [0.05, 0.1) is 41.9 Å². The zero-order chi connectivity index (χ0) is 29.8. The number of hydrogen-bond donors (Lipinski definition) is 4. The number of carbonyl (C=O) groups excluding carboxylic acids is 3. The van der Waals surface area contributed by atoms with Crippen LogP contribution in [0.1, 0.15) is 55.0 Å². The Morgan fingerprint density at radius 2 is 2.07 bits per heavy atom. The summed E-state index contributed by atoms with van der Waals surface area (Å²) in [7, 11) is 1.26. The Morgan fingerprint density at radius 1 is 1.24 bits per heavy atom. The van der Waals surface area contributed by atoms with Crippen molar-refractivity contribution in [3.05, 3.63) is 71.2 Å². The summed E-state index contributed by atoms with van der Waals surface area (Å²) < 4.78 is 20.3. The highest BCUT2D eigenvalue weighted by Crippen LogP contribution is 2.33. The molecular formula is C28H28ClFN8O4. The minimum atomic E-state index is -0.679. The number of nitrogens with one attached hydrogen (secondary N) is 4. The summed E-state index contributed by atoms with van der Waals surface area (Å²) in [4.78, 5) is 46.0. The average molecular weight is 595 g/mol. The molecule has 2 aromatic carbocycles. The Labute approximate surface area is 245 Å². The molecule has 0 saturated carbocycles. The Balaban J connectivity index is 1.44. The Hall–Kier alpha value is -4.78. The van der Waals surface area contributed by atoms with Crippen LogP contribution >= 0.6 is 11.6 Å². The zero-order valence-corrected chi connectivity index (χ0v) is 23.5. The van der Waals surface area contributed by atoms with E-state index < -0.39 is 23.9 Å². The molecule has 4 N–H and O–H groups in total. The Kier molecular flexibility index (Phi) is 8.48. The van der Waals surface area contributed by atoms with Gasteiger partial charge in [0.2, 0.25) is 5.91 Å². The van der Waals surface area contributed by atoms with Crippen molar-refractivity contribution in [2.45, 2.75) is 38.6 Å². The predicted octanol–water partition coefficient (Wildman–Crippen LogP) is 5.25. The van der Waals surface area contributed by atoms with E-state index >= 15 is 0 Å². The molecule has 4 aromatic rings. The Bertz CT molecular complexity index is 1640. The van der Waals surface area contributed by atoms with Gasteiger partial charge in [0.15, 0.2) is 11.5 Å². The second kappa shape index (κ2) is 12.4. The molecule has 0 fully saturated rings. The number of methoxy groups -OCH3 is 1. The highest BCUT2D eigenvalue weighted by atomic mass is 35.5. The van der Waals surface area contributed by atoms with Gasteiger partial charge in [-0.1, -0.05) is 36.2 Å². The zero-order valence-electron chi connectivity index (χ0n) is 22.8. The summed E-state index contributed by atoms with van der Waals surface area (Å²) >= 11 is 5.88. The molecule has 2 aromatic heterocycles. The van der Waals surface area contributed by atoms with Crippen molar-refractivity contribution in [2.24, 2.45) is 5.92 Å². The minimum Gasteiger partial charge on any atom is -0.453 e. The van der Waals surface area contributed by atoms with Crippen molar-refractivity contribution < 1.29 is 23.5 Å². The average Bonchev–Trinajstić information content (AvgIpc) is 3.66. The van der Waals surface area contributed by atoms with Crippen molar-refractivity contribution in [3.8, 4) is 16.9 Å². The van der Waals surface area contributed by atoms with Crippen LogP contribution in [0.15, 0.2) is 48.8 Å². The van der Waals surface area contributed by atoms with E-state index in [0.29, 0.717) is 54.1 Å². The molecule has 3 amide bonds. The van der Waals surface area contributed by atoms with Gasteiger partial charge in [-0.3, -0.25) is 14.9 Å². The van der Waals surface area contributed by atoms with Crippen LogP contribution in [0.4, 0.5) is 20.6 Å².